The van der Waals surface area contributed by atoms with Crippen molar-refractivity contribution in [2.45, 2.75) is 45.4 Å². The summed E-state index contributed by atoms with van der Waals surface area (Å²) in [7, 11) is 0. The highest BCUT2D eigenvalue weighted by molar-refractivity contribution is 5.96. The van der Waals surface area contributed by atoms with E-state index in [1.165, 1.54) is 24.8 Å². The first-order chi connectivity index (χ1) is 12.7. The topological polar surface area (TPSA) is 55.4 Å². The zero-order valence-electron chi connectivity index (χ0n) is 15.4. The number of aryl methyl sites for hydroxylation is 1. The number of esters is 2. The molecular formula is C22H27NO3. The van der Waals surface area contributed by atoms with Crippen molar-refractivity contribution in [3.63, 3.8) is 0 Å². The van der Waals surface area contributed by atoms with Crippen molar-refractivity contribution in [3.8, 4) is 0 Å². The molecule has 0 aliphatic rings. The van der Waals surface area contributed by atoms with E-state index in [9.17, 15) is 9.59 Å². The summed E-state index contributed by atoms with van der Waals surface area (Å²) in [6.45, 7) is 2.56. The van der Waals surface area contributed by atoms with Gasteiger partial charge < -0.3 is 10.1 Å². The van der Waals surface area contributed by atoms with Crippen molar-refractivity contribution < 1.29 is 14.3 Å². The Morgan fingerprint density at radius 1 is 0.885 bits per heavy atom. The molecule has 26 heavy (non-hydrogen) atoms. The van der Waals surface area contributed by atoms with Gasteiger partial charge in [0.25, 0.3) is 0 Å². The van der Waals surface area contributed by atoms with Crippen molar-refractivity contribution in [2.75, 3.05) is 11.9 Å². The number of carbonyl (C=O) groups is 2. The van der Waals surface area contributed by atoms with Crippen LogP contribution in [0.5, 0.6) is 0 Å². The summed E-state index contributed by atoms with van der Waals surface area (Å²) in [4.78, 5) is 22.9. The summed E-state index contributed by atoms with van der Waals surface area (Å²) < 4.78 is 4.70. The predicted molar refractivity (Wildman–Crippen MR) is 104 cm³/mol. The maximum Gasteiger partial charge on any atom is 0.345 e. The van der Waals surface area contributed by atoms with Crippen molar-refractivity contribution >= 4 is 17.6 Å². The van der Waals surface area contributed by atoms with Gasteiger partial charge >= 0.3 is 11.9 Å². The van der Waals surface area contributed by atoms with Gasteiger partial charge in [-0.2, -0.15) is 0 Å². The molecule has 0 heterocycles. The zero-order chi connectivity index (χ0) is 18.6. The van der Waals surface area contributed by atoms with E-state index in [4.69, 9.17) is 4.74 Å². The molecule has 2 rings (SSSR count). The second-order valence-electron chi connectivity index (χ2n) is 6.27. The van der Waals surface area contributed by atoms with Crippen LogP contribution in [0.4, 0.5) is 5.69 Å². The lowest BCUT2D eigenvalue weighted by atomic mass is 10.1. The van der Waals surface area contributed by atoms with E-state index in [0.717, 1.165) is 25.1 Å². The summed E-state index contributed by atoms with van der Waals surface area (Å²) in [5.74, 6) is -1.11. The molecule has 0 amide bonds. The van der Waals surface area contributed by atoms with Gasteiger partial charge in [-0.05, 0) is 49.1 Å². The highest BCUT2D eigenvalue weighted by Crippen LogP contribution is 2.12. The largest absolute Gasteiger partial charge is 0.389 e. The van der Waals surface area contributed by atoms with Gasteiger partial charge in [-0.3, -0.25) is 4.79 Å². The SMILES string of the molecule is CCC(=O)OC(=O)c1ccc(NCCCCCCc2ccccc2)cc1. The Labute approximate surface area is 155 Å². The quantitative estimate of drug-likeness (QED) is 0.371. The van der Waals surface area contributed by atoms with Crippen LogP contribution in [0, 0.1) is 0 Å². The molecule has 0 unspecified atom stereocenters. The van der Waals surface area contributed by atoms with Crippen molar-refractivity contribution in [1.82, 2.24) is 0 Å². The average molecular weight is 353 g/mol. The van der Waals surface area contributed by atoms with Gasteiger partial charge in [-0.15, -0.1) is 0 Å². The van der Waals surface area contributed by atoms with Gasteiger partial charge in [0.15, 0.2) is 0 Å². The Balaban J connectivity index is 1.59. The van der Waals surface area contributed by atoms with Crippen LogP contribution in [-0.4, -0.2) is 18.5 Å². The van der Waals surface area contributed by atoms with Gasteiger partial charge in [0, 0.05) is 18.7 Å². The minimum atomic E-state index is -0.596. The summed E-state index contributed by atoms with van der Waals surface area (Å²) in [6, 6.07) is 17.6. The normalized spacial score (nSPS) is 10.3. The molecule has 138 valence electrons. The van der Waals surface area contributed by atoms with Crippen LogP contribution in [-0.2, 0) is 16.0 Å². The molecule has 0 saturated heterocycles. The lowest BCUT2D eigenvalue weighted by molar-refractivity contribution is -0.137. The number of benzene rings is 2. The monoisotopic (exact) mass is 353 g/mol. The van der Waals surface area contributed by atoms with E-state index >= 15 is 0 Å². The Hall–Kier alpha value is -2.62. The third-order valence-corrected chi connectivity index (χ3v) is 4.18. The Bertz CT molecular complexity index is 680. The molecule has 0 aliphatic carbocycles. The molecule has 1 N–H and O–H groups in total. The first kappa shape index (κ1) is 19.7. The number of hydrogen-bond acceptors (Lipinski definition) is 4. The molecule has 0 atom stereocenters. The molecule has 2 aromatic carbocycles. The van der Waals surface area contributed by atoms with Crippen LogP contribution in [0.15, 0.2) is 54.6 Å². The summed E-state index contributed by atoms with van der Waals surface area (Å²) in [5, 5.41) is 3.35. The molecule has 4 heteroatoms. The highest BCUT2D eigenvalue weighted by Gasteiger charge is 2.10. The zero-order valence-corrected chi connectivity index (χ0v) is 15.4. The summed E-state index contributed by atoms with van der Waals surface area (Å²) in [6.07, 6.45) is 6.10. The van der Waals surface area contributed by atoms with E-state index in [1.54, 1.807) is 19.1 Å². The van der Waals surface area contributed by atoms with Crippen LogP contribution in [0.1, 0.15) is 54.9 Å². The minimum Gasteiger partial charge on any atom is -0.389 e. The molecular weight excluding hydrogens is 326 g/mol. The summed E-state index contributed by atoms with van der Waals surface area (Å²) in [5.41, 5.74) is 2.76. The molecule has 0 bridgehead atoms. The number of unbranched alkanes of at least 4 members (excludes halogenated alkanes) is 3. The maximum atomic E-state index is 11.7. The third kappa shape index (κ3) is 7.09. The summed E-state index contributed by atoms with van der Waals surface area (Å²) >= 11 is 0. The number of carbonyl (C=O) groups excluding carboxylic acids is 2. The Morgan fingerprint density at radius 2 is 1.58 bits per heavy atom. The lowest BCUT2D eigenvalue weighted by Crippen LogP contribution is -2.11. The number of nitrogens with one attached hydrogen (secondary N) is 1. The Morgan fingerprint density at radius 3 is 2.27 bits per heavy atom. The van der Waals surface area contributed by atoms with Crippen molar-refractivity contribution in [3.05, 3.63) is 65.7 Å². The number of rotatable bonds is 10. The molecule has 0 aliphatic heterocycles. The highest BCUT2D eigenvalue weighted by atomic mass is 16.6. The van der Waals surface area contributed by atoms with E-state index < -0.39 is 11.9 Å². The maximum absolute atomic E-state index is 11.7. The molecule has 0 radical (unpaired) electrons. The number of hydrogen-bond donors (Lipinski definition) is 1. The average Bonchev–Trinajstić information content (AvgIpc) is 2.68. The smallest absolute Gasteiger partial charge is 0.345 e. The van der Waals surface area contributed by atoms with Crippen LogP contribution in [0.2, 0.25) is 0 Å². The molecule has 0 saturated carbocycles. The molecule has 0 fully saturated rings. The van der Waals surface area contributed by atoms with Crippen LogP contribution in [0.25, 0.3) is 0 Å². The Kier molecular flexibility index (Phi) is 8.40. The molecule has 0 aromatic heterocycles. The molecule has 0 spiro atoms. The van der Waals surface area contributed by atoms with Crippen molar-refractivity contribution in [2.24, 2.45) is 0 Å². The second kappa shape index (κ2) is 11.1. The minimum absolute atomic E-state index is 0.191. The fraction of sp³-hybridized carbons (Fsp3) is 0.364. The first-order valence-electron chi connectivity index (χ1n) is 9.32. The van der Waals surface area contributed by atoms with E-state index in [2.05, 4.69) is 35.6 Å². The van der Waals surface area contributed by atoms with Gasteiger partial charge in [0.1, 0.15) is 0 Å². The van der Waals surface area contributed by atoms with E-state index in [1.807, 2.05) is 12.1 Å². The van der Waals surface area contributed by atoms with Gasteiger partial charge in [-0.1, -0.05) is 50.1 Å². The number of ether oxygens (including phenoxy) is 1. The second-order valence-corrected chi connectivity index (χ2v) is 6.27. The predicted octanol–water partition coefficient (Wildman–Crippen LogP) is 5.00. The van der Waals surface area contributed by atoms with Gasteiger partial charge in [-0.25, -0.2) is 4.79 Å². The van der Waals surface area contributed by atoms with Crippen molar-refractivity contribution in [1.29, 1.82) is 0 Å². The lowest BCUT2D eigenvalue weighted by Gasteiger charge is -2.07. The molecule has 4 nitrogen and oxygen atoms in total. The first-order valence-corrected chi connectivity index (χ1v) is 9.32. The van der Waals surface area contributed by atoms with Crippen LogP contribution < -0.4 is 5.32 Å². The van der Waals surface area contributed by atoms with Gasteiger partial charge in [0.2, 0.25) is 0 Å². The standard InChI is InChI=1S/C22H27NO3/c1-2-21(24)26-22(25)19-13-15-20(16-14-19)23-17-9-4-3-6-10-18-11-7-5-8-12-18/h5,7-8,11-16,23H,2-4,6,9-10,17H2,1H3. The molecule has 2 aromatic rings. The fourth-order valence-corrected chi connectivity index (χ4v) is 2.64. The fourth-order valence-electron chi connectivity index (χ4n) is 2.64. The van der Waals surface area contributed by atoms with E-state index in [-0.39, 0.29) is 6.42 Å². The van der Waals surface area contributed by atoms with Gasteiger partial charge in [0.05, 0.1) is 5.56 Å². The third-order valence-electron chi connectivity index (χ3n) is 4.18. The van der Waals surface area contributed by atoms with Crippen LogP contribution in [0.3, 0.4) is 0 Å². The van der Waals surface area contributed by atoms with E-state index in [0.29, 0.717) is 5.56 Å². The van der Waals surface area contributed by atoms with Crippen LogP contribution >= 0.6 is 0 Å². The number of anilines is 1.